The van der Waals surface area contributed by atoms with E-state index in [0.29, 0.717) is 37.1 Å². The average molecular weight is 493 g/mol. The lowest BCUT2D eigenvalue weighted by Crippen LogP contribution is -2.46. The lowest BCUT2D eigenvalue weighted by molar-refractivity contribution is 0.0716. The molecule has 0 unspecified atom stereocenters. The van der Waals surface area contributed by atoms with Gasteiger partial charge in [0, 0.05) is 69.2 Å². The Bertz CT molecular complexity index is 1260. The zero-order valence-corrected chi connectivity index (χ0v) is 20.8. The highest BCUT2D eigenvalue weighted by atomic mass is 16.6. The third-order valence-electron chi connectivity index (χ3n) is 7.26. The van der Waals surface area contributed by atoms with Crippen molar-refractivity contribution < 1.29 is 18.7 Å². The fourth-order valence-corrected chi connectivity index (χ4v) is 5.21. The van der Waals surface area contributed by atoms with Crippen molar-refractivity contribution in [3.63, 3.8) is 0 Å². The Kier molecular flexibility index (Phi) is 6.14. The molecular formula is C26H32N6O4. The highest BCUT2D eigenvalue weighted by Crippen LogP contribution is 2.38. The molecule has 190 valence electrons. The van der Waals surface area contributed by atoms with E-state index in [1.807, 2.05) is 23.7 Å². The standard InChI is InChI=1S/C26H32N6O4/c1-17-22-20(36-24(17)25(33)27-8-9-31-12-10-30(2)11-13-31)6-5-18-14-32(29-23(18)22)15-19-16-34-26-21(35-19)4-3-7-28-26/h3-4,7,14,19H,5-6,8-13,15-16H2,1-2H3,(H,27,33)/t19-/m0/s1. The van der Waals surface area contributed by atoms with E-state index in [9.17, 15) is 4.79 Å². The van der Waals surface area contributed by atoms with E-state index in [1.54, 1.807) is 6.20 Å². The first-order valence-corrected chi connectivity index (χ1v) is 12.7. The Morgan fingerprint density at radius 2 is 2.08 bits per heavy atom. The van der Waals surface area contributed by atoms with Gasteiger partial charge in [0.15, 0.2) is 17.6 Å². The molecular weight excluding hydrogens is 460 g/mol. The molecule has 3 aliphatic rings. The van der Waals surface area contributed by atoms with Gasteiger partial charge in [-0.1, -0.05) is 0 Å². The van der Waals surface area contributed by atoms with Crippen LogP contribution in [0, 0.1) is 6.92 Å². The number of furan rings is 1. The smallest absolute Gasteiger partial charge is 0.287 e. The summed E-state index contributed by atoms with van der Waals surface area (Å²) in [6, 6.07) is 3.70. The number of pyridine rings is 1. The third kappa shape index (κ3) is 4.46. The summed E-state index contributed by atoms with van der Waals surface area (Å²) < 4.78 is 19.8. The van der Waals surface area contributed by atoms with Crippen LogP contribution < -0.4 is 14.8 Å². The number of carbonyl (C=O) groups is 1. The molecule has 5 heterocycles. The third-order valence-corrected chi connectivity index (χ3v) is 7.26. The highest BCUT2D eigenvalue weighted by molar-refractivity contribution is 5.95. The summed E-state index contributed by atoms with van der Waals surface area (Å²) in [5.41, 5.74) is 3.86. The first kappa shape index (κ1) is 23.1. The van der Waals surface area contributed by atoms with Crippen molar-refractivity contribution in [1.82, 2.24) is 29.9 Å². The largest absolute Gasteiger partial charge is 0.479 e. The van der Waals surface area contributed by atoms with Crippen LogP contribution in [-0.4, -0.2) is 89.5 Å². The second kappa shape index (κ2) is 9.59. The van der Waals surface area contributed by atoms with Crippen LogP contribution >= 0.6 is 0 Å². The summed E-state index contributed by atoms with van der Waals surface area (Å²) >= 11 is 0. The van der Waals surface area contributed by atoms with Crippen molar-refractivity contribution >= 4 is 5.91 Å². The molecule has 0 bridgehead atoms. The van der Waals surface area contributed by atoms with E-state index in [2.05, 4.69) is 33.3 Å². The van der Waals surface area contributed by atoms with Crippen LogP contribution in [0.3, 0.4) is 0 Å². The molecule has 0 aromatic carbocycles. The molecule has 1 saturated heterocycles. The van der Waals surface area contributed by atoms with Gasteiger partial charge in [-0.15, -0.1) is 0 Å². The Balaban J connectivity index is 1.12. The van der Waals surface area contributed by atoms with Crippen LogP contribution in [0.5, 0.6) is 11.6 Å². The molecule has 3 aromatic heterocycles. The monoisotopic (exact) mass is 492 g/mol. The minimum absolute atomic E-state index is 0.156. The van der Waals surface area contributed by atoms with Crippen molar-refractivity contribution in [3.8, 4) is 22.9 Å². The summed E-state index contributed by atoms with van der Waals surface area (Å²) in [7, 11) is 2.14. The summed E-state index contributed by atoms with van der Waals surface area (Å²) in [5, 5.41) is 7.92. The normalized spacial score (nSPS) is 19.6. The molecule has 1 atom stereocenters. The summed E-state index contributed by atoms with van der Waals surface area (Å²) in [6.45, 7) is 8.59. The highest BCUT2D eigenvalue weighted by Gasteiger charge is 2.31. The van der Waals surface area contributed by atoms with Crippen molar-refractivity contribution in [1.29, 1.82) is 0 Å². The van der Waals surface area contributed by atoms with Gasteiger partial charge in [0.2, 0.25) is 0 Å². The summed E-state index contributed by atoms with van der Waals surface area (Å²) in [4.78, 5) is 21.9. The van der Waals surface area contributed by atoms with Gasteiger partial charge in [0.05, 0.1) is 12.2 Å². The van der Waals surface area contributed by atoms with Gasteiger partial charge in [-0.3, -0.25) is 14.4 Å². The van der Waals surface area contributed by atoms with Crippen molar-refractivity contribution in [2.45, 2.75) is 32.4 Å². The molecule has 3 aromatic rings. The van der Waals surface area contributed by atoms with E-state index in [-0.39, 0.29) is 12.0 Å². The molecule has 0 spiro atoms. The number of ether oxygens (including phenoxy) is 2. The number of hydrogen-bond acceptors (Lipinski definition) is 8. The number of amides is 1. The molecule has 1 aliphatic carbocycles. The first-order chi connectivity index (χ1) is 17.5. The SMILES string of the molecule is Cc1c(C(=O)NCCN2CCN(C)CC2)oc2c1-c1nn(C[C@H]3COc4ncccc4O3)cc1CC2. The molecule has 6 rings (SSSR count). The molecule has 0 saturated carbocycles. The summed E-state index contributed by atoms with van der Waals surface area (Å²) in [6.07, 6.45) is 5.19. The van der Waals surface area contributed by atoms with Crippen molar-refractivity contribution in [2.75, 3.05) is 52.9 Å². The van der Waals surface area contributed by atoms with E-state index in [1.165, 1.54) is 0 Å². The van der Waals surface area contributed by atoms with Crippen LogP contribution in [0.1, 0.15) is 27.4 Å². The van der Waals surface area contributed by atoms with Gasteiger partial charge in [0.1, 0.15) is 12.4 Å². The molecule has 0 radical (unpaired) electrons. The Morgan fingerprint density at radius 1 is 1.22 bits per heavy atom. The van der Waals surface area contributed by atoms with Crippen LogP contribution in [0.2, 0.25) is 0 Å². The number of aromatic nitrogens is 3. The van der Waals surface area contributed by atoms with Gasteiger partial charge in [-0.25, -0.2) is 4.98 Å². The Hall–Kier alpha value is -3.37. The lowest BCUT2D eigenvalue weighted by atomic mass is 9.93. The predicted octanol–water partition coefficient (Wildman–Crippen LogP) is 1.76. The second-order valence-electron chi connectivity index (χ2n) is 9.84. The van der Waals surface area contributed by atoms with E-state index >= 15 is 0 Å². The van der Waals surface area contributed by atoms with Gasteiger partial charge < -0.3 is 24.1 Å². The molecule has 10 heteroatoms. The molecule has 2 aliphatic heterocycles. The van der Waals surface area contributed by atoms with Crippen LogP contribution in [-0.2, 0) is 19.4 Å². The van der Waals surface area contributed by atoms with Crippen LogP contribution in [0.15, 0.2) is 28.9 Å². The predicted molar refractivity (Wildman–Crippen MR) is 132 cm³/mol. The quantitative estimate of drug-likeness (QED) is 0.556. The lowest BCUT2D eigenvalue weighted by Gasteiger charge is -2.32. The maximum atomic E-state index is 13.0. The van der Waals surface area contributed by atoms with E-state index in [4.69, 9.17) is 19.0 Å². The number of hydrogen-bond donors (Lipinski definition) is 1. The minimum atomic E-state index is -0.158. The number of likely N-dealkylation sites (N-methyl/N-ethyl adjacent to an activating group) is 1. The van der Waals surface area contributed by atoms with Crippen molar-refractivity contribution in [2.24, 2.45) is 0 Å². The van der Waals surface area contributed by atoms with Gasteiger partial charge in [-0.05, 0) is 38.1 Å². The second-order valence-corrected chi connectivity index (χ2v) is 9.84. The van der Waals surface area contributed by atoms with Gasteiger partial charge in [-0.2, -0.15) is 5.10 Å². The molecule has 36 heavy (non-hydrogen) atoms. The van der Waals surface area contributed by atoms with Crippen molar-refractivity contribution in [3.05, 3.63) is 47.2 Å². The Morgan fingerprint density at radius 3 is 2.94 bits per heavy atom. The number of fused-ring (bicyclic) bond motifs is 4. The zero-order chi connectivity index (χ0) is 24.6. The first-order valence-electron chi connectivity index (χ1n) is 12.7. The molecule has 1 N–H and O–H groups in total. The maximum Gasteiger partial charge on any atom is 0.287 e. The van der Waals surface area contributed by atoms with Crippen LogP contribution in [0.25, 0.3) is 11.3 Å². The maximum absolute atomic E-state index is 13.0. The summed E-state index contributed by atoms with van der Waals surface area (Å²) in [5.74, 6) is 2.26. The zero-order valence-electron chi connectivity index (χ0n) is 20.8. The molecule has 1 amide bonds. The van der Waals surface area contributed by atoms with Gasteiger partial charge in [0.25, 0.3) is 11.8 Å². The molecule has 10 nitrogen and oxygen atoms in total. The number of rotatable bonds is 6. The number of aryl methyl sites for hydroxylation is 2. The van der Waals surface area contributed by atoms with Crippen LogP contribution in [0.4, 0.5) is 0 Å². The topological polar surface area (TPSA) is 97.9 Å². The Labute approximate surface area is 210 Å². The number of piperazine rings is 1. The fourth-order valence-electron chi connectivity index (χ4n) is 5.21. The number of nitrogens with one attached hydrogen (secondary N) is 1. The number of nitrogens with zero attached hydrogens (tertiary/aromatic N) is 5. The fraction of sp³-hybridized carbons (Fsp3) is 0.500. The van der Waals surface area contributed by atoms with E-state index in [0.717, 1.165) is 73.7 Å². The minimum Gasteiger partial charge on any atom is -0.479 e. The van der Waals surface area contributed by atoms with E-state index < -0.39 is 0 Å². The number of carbonyl (C=O) groups excluding carboxylic acids is 1. The molecule has 1 fully saturated rings. The average Bonchev–Trinajstić information content (AvgIpc) is 3.45. The van der Waals surface area contributed by atoms with Gasteiger partial charge >= 0.3 is 0 Å².